The van der Waals surface area contributed by atoms with Crippen molar-refractivity contribution in [2.75, 3.05) is 11.5 Å². The van der Waals surface area contributed by atoms with Gasteiger partial charge in [0.05, 0.1) is 5.75 Å². The molecule has 0 aliphatic rings. The van der Waals surface area contributed by atoms with Gasteiger partial charge < -0.3 is 5.73 Å². The number of nitrogens with one attached hydrogen (secondary N) is 1. The minimum Gasteiger partial charge on any atom is -0.387 e. The van der Waals surface area contributed by atoms with Crippen molar-refractivity contribution >= 4 is 30.0 Å². The SMILES string of the molecule is CCSCC(=N)N.Cl. The molecule has 4 heteroatoms. The molecule has 3 N–H and O–H groups in total. The van der Waals surface area contributed by atoms with Gasteiger partial charge in [0.2, 0.25) is 0 Å². The molecule has 8 heavy (non-hydrogen) atoms. The Labute approximate surface area is 60.1 Å². The van der Waals surface area contributed by atoms with Crippen LogP contribution < -0.4 is 5.73 Å². The highest BCUT2D eigenvalue weighted by Crippen LogP contribution is 1.94. The van der Waals surface area contributed by atoms with E-state index in [1.807, 2.05) is 6.92 Å². The minimum atomic E-state index is 0. The normalized spacial score (nSPS) is 7.62. The van der Waals surface area contributed by atoms with Gasteiger partial charge in [-0.05, 0) is 5.75 Å². The molecule has 0 aliphatic heterocycles. The second kappa shape index (κ2) is 7.11. The molecule has 2 nitrogen and oxygen atoms in total. The number of halogens is 1. The molecule has 0 radical (unpaired) electrons. The van der Waals surface area contributed by atoms with E-state index in [1.165, 1.54) is 0 Å². The molecular formula is C4H11ClN2S. The summed E-state index contributed by atoms with van der Waals surface area (Å²) < 4.78 is 0. The van der Waals surface area contributed by atoms with E-state index in [2.05, 4.69) is 0 Å². The van der Waals surface area contributed by atoms with Gasteiger partial charge in [-0.15, -0.1) is 12.4 Å². The Morgan fingerprint density at radius 1 is 1.75 bits per heavy atom. The standard InChI is InChI=1S/C4H10N2S.ClH/c1-2-7-3-4(5)6;/h2-3H2,1H3,(H3,5,6);1H. The zero-order chi connectivity index (χ0) is 5.70. The van der Waals surface area contributed by atoms with E-state index < -0.39 is 0 Å². The highest BCUT2D eigenvalue weighted by Gasteiger charge is 1.83. The maximum Gasteiger partial charge on any atom is 0.101 e. The van der Waals surface area contributed by atoms with Crippen molar-refractivity contribution in [3.8, 4) is 0 Å². The summed E-state index contributed by atoms with van der Waals surface area (Å²) in [5.41, 5.74) is 5.04. The van der Waals surface area contributed by atoms with Gasteiger partial charge in [0, 0.05) is 0 Å². The average Bonchev–Trinajstić information content (AvgIpc) is 1.61. The van der Waals surface area contributed by atoms with Crippen molar-refractivity contribution in [2.45, 2.75) is 6.92 Å². The maximum atomic E-state index is 6.75. The number of hydrogen-bond donors (Lipinski definition) is 2. The second-order valence-electron chi connectivity index (χ2n) is 1.16. The van der Waals surface area contributed by atoms with Crippen LogP contribution in [0.4, 0.5) is 0 Å². The Morgan fingerprint density at radius 2 is 2.25 bits per heavy atom. The molecule has 0 saturated carbocycles. The van der Waals surface area contributed by atoms with Gasteiger partial charge >= 0.3 is 0 Å². The predicted molar refractivity (Wildman–Crippen MR) is 42.2 cm³/mol. The lowest BCUT2D eigenvalue weighted by Gasteiger charge is -1.90. The van der Waals surface area contributed by atoms with Crippen LogP contribution in [0.1, 0.15) is 6.92 Å². The van der Waals surface area contributed by atoms with Gasteiger partial charge in [0.1, 0.15) is 5.84 Å². The summed E-state index contributed by atoms with van der Waals surface area (Å²) in [5, 5.41) is 6.75. The van der Waals surface area contributed by atoms with Gasteiger partial charge in [-0.1, -0.05) is 6.92 Å². The highest BCUT2D eigenvalue weighted by atomic mass is 35.5. The van der Waals surface area contributed by atoms with Crippen LogP contribution in [0.25, 0.3) is 0 Å². The summed E-state index contributed by atoms with van der Waals surface area (Å²) in [6.45, 7) is 2.05. The Morgan fingerprint density at radius 3 is 2.38 bits per heavy atom. The Hall–Kier alpha value is 0.110. The fraction of sp³-hybridized carbons (Fsp3) is 0.750. The van der Waals surface area contributed by atoms with Crippen LogP contribution in [0.15, 0.2) is 0 Å². The Balaban J connectivity index is 0. The van der Waals surface area contributed by atoms with Crippen LogP contribution in [0, 0.1) is 5.41 Å². The summed E-state index contributed by atoms with van der Waals surface area (Å²) in [7, 11) is 0. The molecule has 0 unspecified atom stereocenters. The number of thioether (sulfide) groups is 1. The van der Waals surface area contributed by atoms with Crippen molar-refractivity contribution in [1.29, 1.82) is 5.41 Å². The van der Waals surface area contributed by atoms with Crippen LogP contribution in [0.5, 0.6) is 0 Å². The number of nitrogens with two attached hydrogens (primary N) is 1. The zero-order valence-corrected chi connectivity index (χ0v) is 6.44. The smallest absolute Gasteiger partial charge is 0.101 e. The van der Waals surface area contributed by atoms with E-state index in [0.29, 0.717) is 5.75 Å². The molecule has 0 bridgehead atoms. The first-order chi connectivity index (χ1) is 3.27. The van der Waals surface area contributed by atoms with Crippen LogP contribution in [-0.4, -0.2) is 17.3 Å². The zero-order valence-electron chi connectivity index (χ0n) is 4.81. The number of hydrogen-bond acceptors (Lipinski definition) is 2. The summed E-state index contributed by atoms with van der Waals surface area (Å²) in [4.78, 5) is 0. The van der Waals surface area contributed by atoms with Crippen LogP contribution in [-0.2, 0) is 0 Å². The van der Waals surface area contributed by atoms with Gasteiger partial charge in [-0.2, -0.15) is 11.8 Å². The van der Waals surface area contributed by atoms with Crippen molar-refractivity contribution in [1.82, 2.24) is 0 Å². The fourth-order valence-corrected chi connectivity index (χ4v) is 0.636. The summed E-state index contributed by atoms with van der Waals surface area (Å²) in [6.07, 6.45) is 0. The van der Waals surface area contributed by atoms with Gasteiger partial charge in [0.25, 0.3) is 0 Å². The second-order valence-corrected chi connectivity index (χ2v) is 2.44. The van der Waals surface area contributed by atoms with Gasteiger partial charge in [0.15, 0.2) is 0 Å². The summed E-state index contributed by atoms with van der Waals surface area (Å²) in [5.74, 6) is 1.99. The molecule has 0 amide bonds. The molecule has 0 rings (SSSR count). The van der Waals surface area contributed by atoms with Gasteiger partial charge in [-0.3, -0.25) is 5.41 Å². The topological polar surface area (TPSA) is 49.9 Å². The third-order valence-corrected chi connectivity index (χ3v) is 1.39. The monoisotopic (exact) mass is 154 g/mol. The van der Waals surface area contributed by atoms with Crippen molar-refractivity contribution in [2.24, 2.45) is 5.73 Å². The molecular weight excluding hydrogens is 144 g/mol. The third kappa shape index (κ3) is 9.44. The first kappa shape index (κ1) is 11.0. The third-order valence-electron chi connectivity index (χ3n) is 0.462. The number of amidine groups is 1. The minimum absolute atomic E-state index is 0. The van der Waals surface area contributed by atoms with Crippen LogP contribution >= 0.6 is 24.2 Å². The molecule has 0 fully saturated rings. The van der Waals surface area contributed by atoms with E-state index in [1.54, 1.807) is 11.8 Å². The quantitative estimate of drug-likeness (QED) is 0.473. The molecule has 0 spiro atoms. The van der Waals surface area contributed by atoms with Crippen LogP contribution in [0.3, 0.4) is 0 Å². The van der Waals surface area contributed by atoms with Crippen molar-refractivity contribution < 1.29 is 0 Å². The maximum absolute atomic E-state index is 6.75. The average molecular weight is 155 g/mol. The first-order valence-electron chi connectivity index (χ1n) is 2.18. The first-order valence-corrected chi connectivity index (χ1v) is 3.33. The fourth-order valence-electron chi connectivity index (χ4n) is 0.212. The molecule has 0 aromatic rings. The molecule has 0 aliphatic carbocycles. The van der Waals surface area contributed by atoms with Crippen LogP contribution in [0.2, 0.25) is 0 Å². The largest absolute Gasteiger partial charge is 0.387 e. The van der Waals surface area contributed by atoms with Crippen molar-refractivity contribution in [3.63, 3.8) is 0 Å². The van der Waals surface area contributed by atoms with E-state index >= 15 is 0 Å². The number of rotatable bonds is 3. The molecule has 0 aromatic carbocycles. The molecule has 0 atom stereocenters. The Kier molecular flexibility index (Phi) is 9.76. The molecule has 0 heterocycles. The molecule has 0 aromatic heterocycles. The molecule has 50 valence electrons. The summed E-state index contributed by atoms with van der Waals surface area (Å²) >= 11 is 1.67. The Bertz CT molecular complexity index is 67.1. The van der Waals surface area contributed by atoms with E-state index in [4.69, 9.17) is 11.1 Å². The highest BCUT2D eigenvalue weighted by molar-refractivity contribution is 7.99. The predicted octanol–water partition coefficient (Wildman–Crippen LogP) is 1.10. The lowest BCUT2D eigenvalue weighted by Crippen LogP contribution is -2.11. The van der Waals surface area contributed by atoms with E-state index in [9.17, 15) is 0 Å². The summed E-state index contributed by atoms with van der Waals surface area (Å²) in [6, 6.07) is 0. The lowest BCUT2D eigenvalue weighted by atomic mass is 10.7. The van der Waals surface area contributed by atoms with E-state index in [-0.39, 0.29) is 18.2 Å². The lowest BCUT2D eigenvalue weighted by molar-refractivity contribution is 1.42. The van der Waals surface area contributed by atoms with Gasteiger partial charge in [-0.25, -0.2) is 0 Å². The molecule has 0 saturated heterocycles. The van der Waals surface area contributed by atoms with Crippen molar-refractivity contribution in [3.05, 3.63) is 0 Å². The van der Waals surface area contributed by atoms with E-state index in [0.717, 1.165) is 5.75 Å².